The molecule has 0 spiro atoms. The van der Waals surface area contributed by atoms with Crippen molar-refractivity contribution >= 4 is 10.1 Å². The molecule has 1 aliphatic rings. The van der Waals surface area contributed by atoms with Crippen molar-refractivity contribution in [2.75, 3.05) is 0 Å². The third-order valence-corrected chi connectivity index (χ3v) is 3.76. The Morgan fingerprint density at radius 1 is 1.05 bits per heavy atom. The Balaban J connectivity index is 2.45. The van der Waals surface area contributed by atoms with Gasteiger partial charge in [-0.05, 0) is 25.7 Å². The highest BCUT2D eigenvalue weighted by Crippen LogP contribution is 2.38. The zero-order valence-electron chi connectivity index (χ0n) is 9.44. The van der Waals surface area contributed by atoms with Crippen molar-refractivity contribution in [3.8, 4) is 11.8 Å². The van der Waals surface area contributed by atoms with Crippen molar-refractivity contribution in [1.29, 1.82) is 0 Å². The summed E-state index contributed by atoms with van der Waals surface area (Å²) in [7, 11) is -5.95. The van der Waals surface area contributed by atoms with Gasteiger partial charge in [-0.15, -0.1) is 0 Å². The molecule has 1 heterocycles. The lowest BCUT2D eigenvalue weighted by Gasteiger charge is -2.10. The SMILES string of the molecule is O=S(=O)(On1c(O)c2c(c1O)CCCC2)C(F)(F)F. The number of fused-ring (bicyclic) bond motifs is 1. The number of aromatic nitrogens is 1. The molecule has 10 heteroatoms. The predicted molar refractivity (Wildman–Crippen MR) is 56.0 cm³/mol. The molecular formula is C9H10F3NO5S. The molecule has 6 nitrogen and oxygen atoms in total. The van der Waals surface area contributed by atoms with E-state index in [1.165, 1.54) is 0 Å². The highest BCUT2D eigenvalue weighted by atomic mass is 32.2. The van der Waals surface area contributed by atoms with Crippen LogP contribution in [0.1, 0.15) is 24.0 Å². The topological polar surface area (TPSA) is 88.8 Å². The van der Waals surface area contributed by atoms with Crippen LogP contribution in [-0.4, -0.2) is 28.9 Å². The van der Waals surface area contributed by atoms with Gasteiger partial charge in [-0.3, -0.25) is 4.28 Å². The van der Waals surface area contributed by atoms with Gasteiger partial charge in [-0.2, -0.15) is 21.6 Å². The van der Waals surface area contributed by atoms with E-state index in [-0.39, 0.29) is 15.9 Å². The van der Waals surface area contributed by atoms with Crippen molar-refractivity contribution in [2.24, 2.45) is 0 Å². The molecule has 2 N–H and O–H groups in total. The van der Waals surface area contributed by atoms with Crippen LogP contribution >= 0.6 is 0 Å². The molecule has 108 valence electrons. The standard InChI is InChI=1S/C9H10F3NO5S/c10-9(11,12)19(16,17)18-13-7(14)5-3-1-2-4-6(5)8(13)15/h14-15H,1-4H2. The second-order valence-corrected chi connectivity index (χ2v) is 5.60. The average Bonchev–Trinajstić information content (AvgIpc) is 2.54. The summed E-state index contributed by atoms with van der Waals surface area (Å²) in [6.45, 7) is 0. The molecule has 0 fully saturated rings. The Labute approximate surface area is 106 Å². The first kappa shape index (κ1) is 13.8. The summed E-state index contributed by atoms with van der Waals surface area (Å²) in [5.74, 6) is -1.64. The van der Waals surface area contributed by atoms with Crippen LogP contribution in [0.2, 0.25) is 0 Å². The van der Waals surface area contributed by atoms with E-state index in [0.717, 1.165) is 0 Å². The van der Waals surface area contributed by atoms with Gasteiger partial charge in [0.2, 0.25) is 11.8 Å². The average molecular weight is 301 g/mol. The molecule has 0 saturated heterocycles. The first-order valence-corrected chi connectivity index (χ1v) is 6.71. The van der Waals surface area contributed by atoms with E-state index >= 15 is 0 Å². The van der Waals surface area contributed by atoms with Crippen molar-refractivity contribution in [3.63, 3.8) is 0 Å². The van der Waals surface area contributed by atoms with E-state index in [1.54, 1.807) is 0 Å². The first-order valence-electron chi connectivity index (χ1n) is 5.31. The van der Waals surface area contributed by atoms with Crippen LogP contribution in [0.4, 0.5) is 13.2 Å². The molecule has 0 amide bonds. The van der Waals surface area contributed by atoms with Gasteiger partial charge >= 0.3 is 15.6 Å². The summed E-state index contributed by atoms with van der Waals surface area (Å²) in [5.41, 5.74) is -5.22. The third kappa shape index (κ3) is 2.20. The normalized spacial score (nSPS) is 16.2. The highest BCUT2D eigenvalue weighted by molar-refractivity contribution is 7.87. The summed E-state index contributed by atoms with van der Waals surface area (Å²) >= 11 is 0. The molecule has 0 aromatic carbocycles. The van der Waals surface area contributed by atoms with Gasteiger partial charge in [-0.25, -0.2) is 0 Å². The molecular weight excluding hydrogens is 291 g/mol. The lowest BCUT2D eigenvalue weighted by atomic mass is 9.95. The van der Waals surface area contributed by atoms with Crippen LogP contribution in [0.3, 0.4) is 0 Å². The monoisotopic (exact) mass is 301 g/mol. The van der Waals surface area contributed by atoms with Gasteiger partial charge in [-0.1, -0.05) is 4.73 Å². The van der Waals surface area contributed by atoms with E-state index in [2.05, 4.69) is 4.28 Å². The van der Waals surface area contributed by atoms with Crippen molar-refractivity contribution < 1.29 is 36.1 Å². The fourth-order valence-corrected chi connectivity index (χ4v) is 2.38. The first-order chi connectivity index (χ1) is 8.65. The van der Waals surface area contributed by atoms with Gasteiger partial charge in [0.15, 0.2) is 0 Å². The summed E-state index contributed by atoms with van der Waals surface area (Å²) < 4.78 is 61.9. The Morgan fingerprint density at radius 2 is 1.47 bits per heavy atom. The maximum Gasteiger partial charge on any atom is 0.536 e. The Morgan fingerprint density at radius 3 is 1.84 bits per heavy atom. The molecule has 1 aromatic rings. The van der Waals surface area contributed by atoms with Crippen molar-refractivity contribution in [1.82, 2.24) is 4.73 Å². The molecule has 0 radical (unpaired) electrons. The number of hydrogen-bond donors (Lipinski definition) is 2. The summed E-state index contributed by atoms with van der Waals surface area (Å²) in [4.78, 5) is 0. The fourth-order valence-electron chi connectivity index (χ4n) is 1.96. The van der Waals surface area contributed by atoms with Crippen LogP contribution in [0.25, 0.3) is 0 Å². The maximum absolute atomic E-state index is 12.2. The number of aromatic hydroxyl groups is 2. The number of nitrogens with zero attached hydrogens (tertiary/aromatic N) is 1. The van der Waals surface area contributed by atoms with Gasteiger partial charge in [0, 0.05) is 11.1 Å². The zero-order valence-corrected chi connectivity index (χ0v) is 10.3. The predicted octanol–water partition coefficient (Wildman–Crippen LogP) is 1.06. The summed E-state index contributed by atoms with van der Waals surface area (Å²) in [6.07, 6.45) is 2.01. The Kier molecular flexibility index (Phi) is 3.07. The molecule has 0 bridgehead atoms. The second kappa shape index (κ2) is 4.22. The minimum Gasteiger partial charge on any atom is -0.492 e. The summed E-state index contributed by atoms with van der Waals surface area (Å²) in [5, 5.41) is 19.3. The lowest BCUT2D eigenvalue weighted by molar-refractivity contribution is -0.0554. The van der Waals surface area contributed by atoms with Crippen molar-refractivity contribution in [2.45, 2.75) is 31.2 Å². The third-order valence-electron chi connectivity index (χ3n) is 2.85. The minimum absolute atomic E-state index is 0.0984. The van der Waals surface area contributed by atoms with Crippen molar-refractivity contribution in [3.05, 3.63) is 11.1 Å². The summed E-state index contributed by atoms with van der Waals surface area (Å²) in [6, 6.07) is 0. The van der Waals surface area contributed by atoms with E-state index < -0.39 is 27.4 Å². The Bertz CT molecular complexity index is 575. The molecule has 0 unspecified atom stereocenters. The largest absolute Gasteiger partial charge is 0.536 e. The molecule has 19 heavy (non-hydrogen) atoms. The smallest absolute Gasteiger partial charge is 0.492 e. The van der Waals surface area contributed by atoms with Gasteiger partial charge in [0.1, 0.15) is 0 Å². The molecule has 1 aliphatic carbocycles. The van der Waals surface area contributed by atoms with Gasteiger partial charge < -0.3 is 10.2 Å². The second-order valence-electron chi connectivity index (χ2n) is 4.08. The van der Waals surface area contributed by atoms with Crippen LogP contribution in [0, 0.1) is 0 Å². The molecule has 0 aliphatic heterocycles. The molecule has 2 rings (SSSR count). The number of rotatable bonds is 2. The number of hydrogen-bond acceptors (Lipinski definition) is 5. The van der Waals surface area contributed by atoms with E-state index in [1.807, 2.05) is 0 Å². The maximum atomic E-state index is 12.2. The van der Waals surface area contributed by atoms with Crippen LogP contribution in [-0.2, 0) is 23.0 Å². The van der Waals surface area contributed by atoms with E-state index in [4.69, 9.17) is 0 Å². The van der Waals surface area contributed by atoms with Crippen LogP contribution < -0.4 is 4.28 Å². The van der Waals surface area contributed by atoms with E-state index in [9.17, 15) is 31.8 Å². The zero-order chi connectivity index (χ0) is 14.4. The number of alkyl halides is 3. The van der Waals surface area contributed by atoms with Crippen LogP contribution in [0.5, 0.6) is 11.8 Å². The quantitative estimate of drug-likeness (QED) is 0.797. The minimum atomic E-state index is -5.95. The highest BCUT2D eigenvalue weighted by Gasteiger charge is 2.50. The molecule has 0 saturated carbocycles. The Hall–Kier alpha value is -1.58. The van der Waals surface area contributed by atoms with Gasteiger partial charge in [0.25, 0.3) is 0 Å². The number of halogens is 3. The lowest BCUT2D eigenvalue weighted by Crippen LogP contribution is -2.32. The van der Waals surface area contributed by atoms with E-state index in [0.29, 0.717) is 25.7 Å². The van der Waals surface area contributed by atoms with Gasteiger partial charge in [0.05, 0.1) is 0 Å². The van der Waals surface area contributed by atoms with Crippen LogP contribution in [0.15, 0.2) is 0 Å². The molecule has 0 atom stereocenters. The molecule has 1 aromatic heterocycles. The fraction of sp³-hybridized carbons (Fsp3) is 0.556.